The van der Waals surface area contributed by atoms with Gasteiger partial charge in [-0.15, -0.1) is 5.01 Å². The van der Waals surface area contributed by atoms with Gasteiger partial charge < -0.3 is 24.6 Å². The van der Waals surface area contributed by atoms with Crippen LogP contribution in [-0.4, -0.2) is 59.3 Å². The van der Waals surface area contributed by atoms with Crippen LogP contribution >= 0.6 is 15.9 Å². The molecule has 9 nitrogen and oxygen atoms in total. The fraction of sp³-hybridized carbons (Fsp3) is 0.438. The second-order valence-corrected chi connectivity index (χ2v) is 7.23. The molecule has 0 radical (unpaired) electrons. The second kappa shape index (κ2) is 8.06. The number of fused-ring (bicyclic) bond motifs is 1. The van der Waals surface area contributed by atoms with Gasteiger partial charge in [0.2, 0.25) is 11.4 Å². The van der Waals surface area contributed by atoms with Gasteiger partial charge in [-0.1, -0.05) is 15.9 Å². The van der Waals surface area contributed by atoms with E-state index in [1.165, 1.54) is 6.07 Å². The Bertz CT molecular complexity index is 870. The van der Waals surface area contributed by atoms with Crippen molar-refractivity contribution < 1.29 is 42.4 Å². The number of esters is 1. The highest BCUT2D eigenvalue weighted by Gasteiger charge is 2.49. The molecule has 0 saturated carbocycles. The number of carbonyl (C=O) groups is 1. The average molecular weight is 482 g/mol. The fourth-order valence-electron chi connectivity index (χ4n) is 2.72. The normalized spacial score (nSPS) is 19.7. The Morgan fingerprint density at radius 1 is 1.48 bits per heavy atom. The van der Waals surface area contributed by atoms with Crippen molar-refractivity contribution in [3.05, 3.63) is 38.5 Å². The number of ether oxygens (including phenoxy) is 2. The van der Waals surface area contributed by atoms with Gasteiger partial charge in [-0.25, -0.2) is 4.79 Å². The molecule has 2 aliphatic heterocycles. The van der Waals surface area contributed by atoms with Gasteiger partial charge in [-0.05, 0) is 30.7 Å². The minimum absolute atomic E-state index is 0.0112. The van der Waals surface area contributed by atoms with Crippen LogP contribution in [0.5, 0.6) is 5.75 Å². The van der Waals surface area contributed by atoms with Gasteiger partial charge >= 0.3 is 12.1 Å². The van der Waals surface area contributed by atoms with E-state index in [0.717, 1.165) is 11.1 Å². The fourth-order valence-corrected chi connectivity index (χ4v) is 3.31. The predicted molar refractivity (Wildman–Crippen MR) is 93.0 cm³/mol. The number of halogens is 4. The van der Waals surface area contributed by atoms with E-state index in [9.17, 15) is 23.2 Å². The van der Waals surface area contributed by atoms with E-state index in [1.54, 1.807) is 13.0 Å². The molecule has 1 saturated heterocycles. The molecule has 158 valence electrons. The van der Waals surface area contributed by atoms with Crippen molar-refractivity contribution in [2.45, 2.75) is 25.3 Å². The van der Waals surface area contributed by atoms with E-state index >= 15 is 0 Å². The number of alkyl halides is 3. The van der Waals surface area contributed by atoms with Crippen molar-refractivity contribution in [2.75, 3.05) is 19.9 Å². The Morgan fingerprint density at radius 3 is 2.79 bits per heavy atom. The van der Waals surface area contributed by atoms with Gasteiger partial charge in [0.1, 0.15) is 24.9 Å². The number of hydrogen-bond donors (Lipinski definition) is 1. The van der Waals surface area contributed by atoms with Gasteiger partial charge in [0.05, 0.1) is 10.5 Å². The molecule has 0 bridgehead atoms. The molecular weight excluding hydrogens is 467 g/mol. The monoisotopic (exact) mass is 481 g/mol. The lowest BCUT2D eigenvalue weighted by atomic mass is 9.99. The summed E-state index contributed by atoms with van der Waals surface area (Å²) in [6.07, 6.45) is -6.99. The van der Waals surface area contributed by atoms with Crippen LogP contribution in [0.15, 0.2) is 27.5 Å². The van der Waals surface area contributed by atoms with Crippen molar-refractivity contribution >= 4 is 28.0 Å². The van der Waals surface area contributed by atoms with Crippen molar-refractivity contribution in [3.63, 3.8) is 0 Å². The number of hydrogen-bond acceptors (Lipinski definition) is 7. The van der Waals surface area contributed by atoms with Gasteiger partial charge in [0.15, 0.2) is 0 Å². The highest BCUT2D eigenvalue weighted by atomic mass is 79.9. The molecule has 0 spiro atoms. The van der Waals surface area contributed by atoms with Gasteiger partial charge in [0.25, 0.3) is 6.79 Å². The van der Waals surface area contributed by atoms with Gasteiger partial charge in [-0.3, -0.25) is 0 Å². The molecule has 0 aliphatic carbocycles. The van der Waals surface area contributed by atoms with E-state index in [2.05, 4.69) is 30.8 Å². The molecule has 3 rings (SSSR count). The minimum Gasteiger partial charge on any atom is -0.569 e. The van der Waals surface area contributed by atoms with Crippen LogP contribution in [-0.2, 0) is 14.4 Å². The van der Waals surface area contributed by atoms with Crippen LogP contribution < -0.4 is 4.74 Å². The number of β-amino-alcohol motifs (C(OH)–C–C–N with tert-alkyl or cyclic N) is 1. The molecule has 1 aromatic rings. The first kappa shape index (κ1) is 21.2. The van der Waals surface area contributed by atoms with Crippen LogP contribution in [0, 0.1) is 12.1 Å². The Labute approximate surface area is 170 Å². The van der Waals surface area contributed by atoms with Crippen LogP contribution in [0.3, 0.4) is 0 Å². The molecule has 1 aromatic carbocycles. The Morgan fingerprint density at radius 2 is 2.17 bits per heavy atom. The summed E-state index contributed by atoms with van der Waals surface area (Å²) in [7, 11) is 0. The molecule has 0 amide bonds. The van der Waals surface area contributed by atoms with Crippen molar-refractivity contribution in [1.82, 2.24) is 5.01 Å². The zero-order valence-corrected chi connectivity index (χ0v) is 16.4. The summed E-state index contributed by atoms with van der Waals surface area (Å²) in [6, 6.07) is 3.09. The molecule has 0 unspecified atom stereocenters. The SMILES string of the molecule is Cc1cc(Br)cc2c1O[C@H](C(F)(F)F)C(C(=O)OCON=[N+]([O-])N1CC(O)C1)=C2. The third-order valence-electron chi connectivity index (χ3n) is 4.09. The molecule has 1 N–H and O–H groups in total. The predicted octanol–water partition coefficient (Wildman–Crippen LogP) is 2.45. The zero-order chi connectivity index (χ0) is 21.3. The van der Waals surface area contributed by atoms with Gasteiger partial charge in [0, 0.05) is 10.0 Å². The molecule has 1 atom stereocenters. The summed E-state index contributed by atoms with van der Waals surface area (Å²) in [5.74, 6) is -1.32. The van der Waals surface area contributed by atoms with E-state index in [0.29, 0.717) is 10.0 Å². The number of rotatable bonds is 5. The summed E-state index contributed by atoms with van der Waals surface area (Å²) < 4.78 is 50.5. The maximum atomic E-state index is 13.4. The largest absolute Gasteiger partial charge is 0.569 e. The van der Waals surface area contributed by atoms with E-state index in [-0.39, 0.29) is 29.4 Å². The quantitative estimate of drug-likeness (QED) is 0.172. The standard InChI is InChI=1S/C16H15BrF3N3O6/c1-8-2-10(17)3-9-4-12(14(16(18,19)20)29-13(8)9)15(25)27-7-28-21-23(26)22-5-11(24)6-22/h2-4,11,14,24H,5-7H2,1H3/t14-/m0/s1. The number of carbonyl (C=O) groups excluding carboxylic acids is 1. The summed E-state index contributed by atoms with van der Waals surface area (Å²) in [5.41, 5.74) is -0.0333. The first-order valence-electron chi connectivity index (χ1n) is 8.21. The van der Waals surface area contributed by atoms with E-state index < -0.39 is 36.7 Å². The third-order valence-corrected chi connectivity index (χ3v) is 4.54. The number of aryl methyl sites for hydroxylation is 1. The van der Waals surface area contributed by atoms with E-state index in [4.69, 9.17) is 9.84 Å². The van der Waals surface area contributed by atoms with Crippen molar-refractivity contribution in [1.29, 1.82) is 0 Å². The minimum atomic E-state index is -4.86. The Kier molecular flexibility index (Phi) is 5.89. The highest BCUT2D eigenvalue weighted by molar-refractivity contribution is 9.10. The molecule has 0 aromatic heterocycles. The lowest BCUT2D eigenvalue weighted by Crippen LogP contribution is -2.53. The summed E-state index contributed by atoms with van der Waals surface area (Å²) in [4.78, 5) is 16.7. The lowest BCUT2D eigenvalue weighted by molar-refractivity contribution is -0.727. The first-order valence-corrected chi connectivity index (χ1v) is 9.01. The third kappa shape index (κ3) is 4.72. The van der Waals surface area contributed by atoms with Crippen LogP contribution in [0.1, 0.15) is 11.1 Å². The lowest BCUT2D eigenvalue weighted by Gasteiger charge is -2.30. The molecule has 29 heavy (non-hydrogen) atoms. The summed E-state index contributed by atoms with van der Waals surface area (Å²) >= 11 is 3.23. The number of aliphatic hydroxyl groups is 1. The summed E-state index contributed by atoms with van der Waals surface area (Å²) in [5, 5.41) is 24.6. The maximum Gasteiger partial charge on any atom is 0.430 e. The Balaban J connectivity index is 1.71. The van der Waals surface area contributed by atoms with Gasteiger partial charge in [-0.2, -0.15) is 13.2 Å². The molecule has 2 aliphatic rings. The summed E-state index contributed by atoms with van der Waals surface area (Å²) in [6.45, 7) is 0.805. The van der Waals surface area contributed by atoms with Crippen LogP contribution in [0.2, 0.25) is 0 Å². The number of aliphatic hydroxyl groups excluding tert-OH is 1. The Hall–Kier alpha value is -2.54. The smallest absolute Gasteiger partial charge is 0.430 e. The number of nitrogens with zero attached hydrogens (tertiary/aromatic N) is 3. The molecule has 13 heteroatoms. The number of hydrazine groups is 1. The molecule has 1 fully saturated rings. The topological polar surface area (TPSA) is 107 Å². The van der Waals surface area contributed by atoms with E-state index in [1.807, 2.05) is 0 Å². The zero-order valence-electron chi connectivity index (χ0n) is 14.9. The number of benzene rings is 1. The molecular formula is C16H15BrF3N3O6. The maximum absolute atomic E-state index is 13.4. The average Bonchev–Trinajstić information content (AvgIpc) is 2.60. The van der Waals surface area contributed by atoms with Crippen molar-refractivity contribution in [2.24, 2.45) is 5.28 Å². The van der Waals surface area contributed by atoms with Crippen LogP contribution in [0.4, 0.5) is 13.2 Å². The second-order valence-electron chi connectivity index (χ2n) is 6.32. The van der Waals surface area contributed by atoms with Crippen LogP contribution in [0.25, 0.3) is 6.08 Å². The van der Waals surface area contributed by atoms with Crippen molar-refractivity contribution in [3.8, 4) is 5.75 Å². The highest BCUT2D eigenvalue weighted by Crippen LogP contribution is 2.40. The first-order chi connectivity index (χ1) is 13.6. The molecule has 2 heterocycles.